The van der Waals surface area contributed by atoms with Crippen molar-refractivity contribution in [3.8, 4) is 11.5 Å². The van der Waals surface area contributed by atoms with Gasteiger partial charge in [0.2, 0.25) is 5.78 Å². The smallest absolute Gasteiger partial charge is 0.287 e. The minimum absolute atomic E-state index is 0.261. The third kappa shape index (κ3) is 5.92. The Kier molecular flexibility index (Phi) is 7.68. The Morgan fingerprint density at radius 2 is 1.62 bits per heavy atom. The first kappa shape index (κ1) is 19.5. The summed E-state index contributed by atoms with van der Waals surface area (Å²) in [5.74, 6) is 0.425. The summed E-state index contributed by atoms with van der Waals surface area (Å²) in [7, 11) is 3.17. The number of aryl methyl sites for hydroxylation is 1. The molecule has 0 unspecified atom stereocenters. The molecule has 0 aliphatic carbocycles. The van der Waals surface area contributed by atoms with Gasteiger partial charge in [0.15, 0.2) is 11.5 Å². The van der Waals surface area contributed by atoms with Gasteiger partial charge in [0.25, 0.3) is 5.91 Å². The molecule has 2 aromatic rings. The molecule has 26 heavy (non-hydrogen) atoms. The van der Waals surface area contributed by atoms with E-state index in [-0.39, 0.29) is 12.2 Å². The van der Waals surface area contributed by atoms with Crippen LogP contribution in [0.4, 0.5) is 0 Å². The molecule has 0 aromatic heterocycles. The minimum atomic E-state index is -0.515. The molecule has 0 radical (unpaired) electrons. The largest absolute Gasteiger partial charge is 0.493 e. The SMILES string of the molecule is COc1ccc(CCNC(=O)C(=O)CCCc2ccccc2)cc1OC. The second-order valence-electron chi connectivity index (χ2n) is 5.96. The number of hydrogen-bond acceptors (Lipinski definition) is 4. The highest BCUT2D eigenvalue weighted by Gasteiger charge is 2.13. The van der Waals surface area contributed by atoms with Gasteiger partial charge in [-0.3, -0.25) is 9.59 Å². The van der Waals surface area contributed by atoms with E-state index in [9.17, 15) is 9.59 Å². The Morgan fingerprint density at radius 1 is 0.885 bits per heavy atom. The summed E-state index contributed by atoms with van der Waals surface area (Å²) in [4.78, 5) is 23.8. The summed E-state index contributed by atoms with van der Waals surface area (Å²) in [6.45, 7) is 0.402. The molecule has 0 saturated heterocycles. The maximum atomic E-state index is 11.9. The normalized spacial score (nSPS) is 10.2. The second-order valence-corrected chi connectivity index (χ2v) is 5.96. The van der Waals surface area contributed by atoms with E-state index in [1.807, 2.05) is 48.5 Å². The number of ether oxygens (including phenoxy) is 2. The van der Waals surface area contributed by atoms with Crippen molar-refractivity contribution in [2.45, 2.75) is 25.7 Å². The van der Waals surface area contributed by atoms with Crippen LogP contribution in [0.5, 0.6) is 11.5 Å². The number of benzene rings is 2. The van der Waals surface area contributed by atoms with Crippen molar-refractivity contribution in [1.29, 1.82) is 0 Å². The summed E-state index contributed by atoms with van der Waals surface area (Å²) in [5, 5.41) is 2.69. The van der Waals surface area contributed by atoms with Crippen molar-refractivity contribution in [2.75, 3.05) is 20.8 Å². The molecule has 0 aliphatic heterocycles. The molecule has 0 saturated carbocycles. The summed E-state index contributed by atoms with van der Waals surface area (Å²) < 4.78 is 10.5. The maximum Gasteiger partial charge on any atom is 0.287 e. The van der Waals surface area contributed by atoms with E-state index in [0.29, 0.717) is 30.9 Å². The van der Waals surface area contributed by atoms with Crippen LogP contribution in [0, 0.1) is 0 Å². The molecule has 2 rings (SSSR count). The third-order valence-electron chi connectivity index (χ3n) is 4.11. The zero-order valence-corrected chi connectivity index (χ0v) is 15.3. The molecule has 0 bridgehead atoms. The lowest BCUT2D eigenvalue weighted by molar-refractivity contribution is -0.137. The van der Waals surface area contributed by atoms with Crippen LogP contribution < -0.4 is 14.8 Å². The molecule has 2 aromatic carbocycles. The molecule has 0 aliphatic rings. The lowest BCUT2D eigenvalue weighted by Gasteiger charge is -2.10. The van der Waals surface area contributed by atoms with Crippen LogP contribution in [0.2, 0.25) is 0 Å². The molecule has 0 atom stereocenters. The number of carbonyl (C=O) groups is 2. The van der Waals surface area contributed by atoms with Crippen LogP contribution in [0.25, 0.3) is 0 Å². The van der Waals surface area contributed by atoms with E-state index in [0.717, 1.165) is 12.0 Å². The van der Waals surface area contributed by atoms with Gasteiger partial charge in [0.1, 0.15) is 0 Å². The van der Waals surface area contributed by atoms with E-state index in [4.69, 9.17) is 9.47 Å². The number of amides is 1. The molecule has 1 N–H and O–H groups in total. The fourth-order valence-corrected chi connectivity index (χ4v) is 2.67. The number of Topliss-reactive ketones (excluding diaryl/α,β-unsaturated/α-hetero) is 1. The van der Waals surface area contributed by atoms with Crippen molar-refractivity contribution in [3.05, 3.63) is 59.7 Å². The maximum absolute atomic E-state index is 11.9. The Balaban J connectivity index is 1.71. The first-order valence-electron chi connectivity index (χ1n) is 8.70. The first-order valence-corrected chi connectivity index (χ1v) is 8.70. The molecule has 5 nitrogen and oxygen atoms in total. The van der Waals surface area contributed by atoms with Gasteiger partial charge in [0, 0.05) is 13.0 Å². The van der Waals surface area contributed by atoms with Crippen LogP contribution in [-0.2, 0) is 22.4 Å². The predicted molar refractivity (Wildman–Crippen MR) is 101 cm³/mol. The fourth-order valence-electron chi connectivity index (χ4n) is 2.67. The van der Waals surface area contributed by atoms with E-state index in [1.165, 1.54) is 5.56 Å². The van der Waals surface area contributed by atoms with Crippen LogP contribution in [-0.4, -0.2) is 32.5 Å². The standard InChI is InChI=1S/C21H25NO4/c1-25-19-12-11-17(15-20(19)26-2)13-14-22-21(24)18(23)10-6-9-16-7-4-3-5-8-16/h3-5,7-8,11-12,15H,6,9-10,13-14H2,1-2H3,(H,22,24). The lowest BCUT2D eigenvalue weighted by Crippen LogP contribution is -2.32. The third-order valence-corrected chi connectivity index (χ3v) is 4.11. The minimum Gasteiger partial charge on any atom is -0.493 e. The van der Waals surface area contributed by atoms with E-state index < -0.39 is 5.91 Å². The second kappa shape index (κ2) is 10.2. The quantitative estimate of drug-likeness (QED) is 0.666. The highest BCUT2D eigenvalue weighted by Crippen LogP contribution is 2.27. The van der Waals surface area contributed by atoms with Crippen LogP contribution in [0.1, 0.15) is 24.0 Å². The number of carbonyl (C=O) groups excluding carboxylic acids is 2. The van der Waals surface area contributed by atoms with Crippen molar-refractivity contribution >= 4 is 11.7 Å². The van der Waals surface area contributed by atoms with Crippen molar-refractivity contribution in [1.82, 2.24) is 5.32 Å². The topological polar surface area (TPSA) is 64.6 Å². The van der Waals surface area contributed by atoms with Gasteiger partial charge in [-0.1, -0.05) is 36.4 Å². The van der Waals surface area contributed by atoms with Gasteiger partial charge in [-0.25, -0.2) is 0 Å². The average Bonchev–Trinajstić information content (AvgIpc) is 2.68. The summed E-state index contributed by atoms with van der Waals surface area (Å²) in [6, 6.07) is 15.5. The number of hydrogen-bond donors (Lipinski definition) is 1. The van der Waals surface area contributed by atoms with E-state index in [2.05, 4.69) is 5.32 Å². The molecule has 5 heteroatoms. The number of ketones is 1. The Hall–Kier alpha value is -2.82. The highest BCUT2D eigenvalue weighted by atomic mass is 16.5. The van der Waals surface area contributed by atoms with Gasteiger partial charge in [-0.15, -0.1) is 0 Å². The number of nitrogens with one attached hydrogen (secondary N) is 1. The Labute approximate surface area is 154 Å². The van der Waals surface area contributed by atoms with Crippen molar-refractivity contribution in [3.63, 3.8) is 0 Å². The van der Waals surface area contributed by atoms with E-state index in [1.54, 1.807) is 14.2 Å². The van der Waals surface area contributed by atoms with Gasteiger partial charge in [0.05, 0.1) is 14.2 Å². The lowest BCUT2D eigenvalue weighted by atomic mass is 10.1. The van der Waals surface area contributed by atoms with Crippen molar-refractivity contribution < 1.29 is 19.1 Å². The zero-order valence-electron chi connectivity index (χ0n) is 15.3. The van der Waals surface area contributed by atoms with Gasteiger partial charge in [-0.2, -0.15) is 0 Å². The first-order chi connectivity index (χ1) is 12.6. The summed E-state index contributed by atoms with van der Waals surface area (Å²) in [6.07, 6.45) is 2.35. The molecule has 1 amide bonds. The van der Waals surface area contributed by atoms with Crippen LogP contribution in [0.15, 0.2) is 48.5 Å². The summed E-state index contributed by atoms with van der Waals surface area (Å²) >= 11 is 0. The zero-order chi connectivity index (χ0) is 18.8. The average molecular weight is 355 g/mol. The molecule has 0 heterocycles. The van der Waals surface area contributed by atoms with Crippen LogP contribution >= 0.6 is 0 Å². The fraction of sp³-hybridized carbons (Fsp3) is 0.333. The Bertz CT molecular complexity index is 728. The Morgan fingerprint density at radius 3 is 2.31 bits per heavy atom. The number of methoxy groups -OCH3 is 2. The van der Waals surface area contributed by atoms with Crippen molar-refractivity contribution in [2.24, 2.45) is 0 Å². The molecule has 0 spiro atoms. The van der Waals surface area contributed by atoms with E-state index >= 15 is 0 Å². The molecule has 0 fully saturated rings. The molecule has 138 valence electrons. The molecular formula is C21H25NO4. The van der Waals surface area contributed by atoms with Gasteiger partial charge >= 0.3 is 0 Å². The number of rotatable bonds is 10. The van der Waals surface area contributed by atoms with Gasteiger partial charge < -0.3 is 14.8 Å². The van der Waals surface area contributed by atoms with Crippen LogP contribution in [0.3, 0.4) is 0 Å². The monoisotopic (exact) mass is 355 g/mol. The predicted octanol–water partition coefficient (Wildman–Crippen LogP) is 2.95. The van der Waals surface area contributed by atoms with Gasteiger partial charge in [-0.05, 0) is 42.5 Å². The molecular weight excluding hydrogens is 330 g/mol. The summed E-state index contributed by atoms with van der Waals surface area (Å²) in [5.41, 5.74) is 2.17. The highest BCUT2D eigenvalue weighted by molar-refractivity contribution is 6.36.